The van der Waals surface area contributed by atoms with Gasteiger partial charge in [0.2, 0.25) is 0 Å². The summed E-state index contributed by atoms with van der Waals surface area (Å²) in [6, 6.07) is 8.43. The number of benzene rings is 1. The Labute approximate surface area is 113 Å². The number of rotatable bonds is 6. The van der Waals surface area contributed by atoms with Crippen molar-refractivity contribution in [2.45, 2.75) is 32.4 Å². The molecule has 0 spiro atoms. The first-order chi connectivity index (χ1) is 8.79. The van der Waals surface area contributed by atoms with Crippen molar-refractivity contribution in [3.8, 4) is 0 Å². The highest BCUT2D eigenvalue weighted by Gasteiger charge is 2.10. The number of H-pyrrole nitrogens is 1. The molecule has 0 aliphatic carbocycles. The summed E-state index contributed by atoms with van der Waals surface area (Å²) >= 11 is 5.92. The lowest BCUT2D eigenvalue weighted by Gasteiger charge is -2.18. The number of nitrogens with zero attached hydrogens (tertiary/aromatic N) is 1. The molecule has 1 unspecified atom stereocenters. The van der Waals surface area contributed by atoms with E-state index in [0.717, 1.165) is 24.4 Å². The van der Waals surface area contributed by atoms with Crippen LogP contribution in [0.1, 0.15) is 36.9 Å². The predicted octanol–water partition coefficient (Wildman–Crippen LogP) is 3.69. The minimum atomic E-state index is 0.363. The molecule has 0 aliphatic rings. The van der Waals surface area contributed by atoms with Crippen LogP contribution in [-0.4, -0.2) is 10.2 Å². The van der Waals surface area contributed by atoms with Crippen molar-refractivity contribution in [1.82, 2.24) is 15.5 Å². The highest BCUT2D eigenvalue weighted by molar-refractivity contribution is 6.30. The molecule has 1 aromatic carbocycles. The normalized spacial score (nSPS) is 12.6. The van der Waals surface area contributed by atoms with Crippen LogP contribution < -0.4 is 5.32 Å². The van der Waals surface area contributed by atoms with Gasteiger partial charge in [-0.1, -0.05) is 37.1 Å². The molecule has 0 aliphatic heterocycles. The minimum absolute atomic E-state index is 0.363. The fraction of sp³-hybridized carbons (Fsp3) is 0.357. The first-order valence-corrected chi connectivity index (χ1v) is 6.64. The summed E-state index contributed by atoms with van der Waals surface area (Å²) in [5, 5.41) is 11.1. The van der Waals surface area contributed by atoms with E-state index in [4.69, 9.17) is 11.6 Å². The van der Waals surface area contributed by atoms with Crippen molar-refractivity contribution >= 4 is 11.6 Å². The lowest BCUT2D eigenvalue weighted by molar-refractivity contribution is 0.493. The number of hydrogen-bond donors (Lipinski definition) is 2. The molecule has 2 aromatic rings. The second-order valence-corrected chi connectivity index (χ2v) is 4.82. The van der Waals surface area contributed by atoms with Gasteiger partial charge in [0.25, 0.3) is 0 Å². The monoisotopic (exact) mass is 263 g/mol. The van der Waals surface area contributed by atoms with Gasteiger partial charge in [-0.05, 0) is 24.1 Å². The van der Waals surface area contributed by atoms with Gasteiger partial charge in [0.1, 0.15) is 0 Å². The van der Waals surface area contributed by atoms with Gasteiger partial charge >= 0.3 is 0 Å². The number of nitrogens with one attached hydrogen (secondary N) is 2. The third-order valence-electron chi connectivity index (χ3n) is 2.96. The SMILES string of the molecule is CCCC(NCc1cn[nH]c1)c1ccc(Cl)cc1. The van der Waals surface area contributed by atoms with E-state index in [1.54, 1.807) is 0 Å². The van der Waals surface area contributed by atoms with E-state index in [1.807, 2.05) is 24.5 Å². The van der Waals surface area contributed by atoms with Crippen LogP contribution in [0, 0.1) is 0 Å². The summed E-state index contributed by atoms with van der Waals surface area (Å²) in [7, 11) is 0. The zero-order valence-corrected chi connectivity index (χ0v) is 11.2. The molecule has 3 nitrogen and oxygen atoms in total. The van der Waals surface area contributed by atoms with E-state index >= 15 is 0 Å². The molecule has 2 rings (SSSR count). The van der Waals surface area contributed by atoms with E-state index in [1.165, 1.54) is 11.1 Å². The van der Waals surface area contributed by atoms with Gasteiger partial charge < -0.3 is 5.32 Å². The van der Waals surface area contributed by atoms with E-state index in [9.17, 15) is 0 Å². The zero-order chi connectivity index (χ0) is 12.8. The van der Waals surface area contributed by atoms with Crippen molar-refractivity contribution < 1.29 is 0 Å². The van der Waals surface area contributed by atoms with Crippen LogP contribution in [0.4, 0.5) is 0 Å². The Balaban J connectivity index is 2.01. The van der Waals surface area contributed by atoms with Crippen LogP contribution in [0.3, 0.4) is 0 Å². The largest absolute Gasteiger partial charge is 0.306 e. The molecule has 0 amide bonds. The van der Waals surface area contributed by atoms with Crippen molar-refractivity contribution in [3.05, 3.63) is 52.8 Å². The lowest BCUT2D eigenvalue weighted by atomic mass is 10.0. The number of hydrogen-bond acceptors (Lipinski definition) is 2. The fourth-order valence-corrected chi connectivity index (χ4v) is 2.11. The van der Waals surface area contributed by atoms with Gasteiger partial charge in [-0.2, -0.15) is 5.10 Å². The van der Waals surface area contributed by atoms with E-state index in [0.29, 0.717) is 6.04 Å². The summed E-state index contributed by atoms with van der Waals surface area (Å²) in [6.45, 7) is 3.02. The molecule has 0 saturated heterocycles. The second-order valence-electron chi connectivity index (χ2n) is 4.38. The number of aromatic amines is 1. The molecule has 0 fully saturated rings. The van der Waals surface area contributed by atoms with Crippen LogP contribution in [0.25, 0.3) is 0 Å². The third kappa shape index (κ3) is 3.59. The molecule has 2 N–H and O–H groups in total. The van der Waals surface area contributed by atoms with E-state index in [-0.39, 0.29) is 0 Å². The Hall–Kier alpha value is -1.32. The summed E-state index contributed by atoms with van der Waals surface area (Å²) in [5.41, 5.74) is 2.45. The minimum Gasteiger partial charge on any atom is -0.306 e. The Morgan fingerprint density at radius 2 is 2.11 bits per heavy atom. The Bertz CT molecular complexity index is 450. The van der Waals surface area contributed by atoms with Crippen LogP contribution in [-0.2, 0) is 6.54 Å². The zero-order valence-electron chi connectivity index (χ0n) is 10.5. The quantitative estimate of drug-likeness (QED) is 0.834. The standard InChI is InChI=1S/C14H18ClN3/c1-2-3-14(12-4-6-13(15)7-5-12)16-8-11-9-17-18-10-11/h4-7,9-10,14,16H,2-3,8H2,1H3,(H,17,18). The molecular formula is C14H18ClN3. The molecule has 0 saturated carbocycles. The fourth-order valence-electron chi connectivity index (χ4n) is 1.99. The first kappa shape index (κ1) is 13.1. The maximum absolute atomic E-state index is 5.92. The molecular weight excluding hydrogens is 246 g/mol. The molecule has 4 heteroatoms. The van der Waals surface area contributed by atoms with Gasteiger partial charge in [-0.25, -0.2) is 0 Å². The van der Waals surface area contributed by atoms with Crippen molar-refractivity contribution in [2.75, 3.05) is 0 Å². The van der Waals surface area contributed by atoms with Gasteiger partial charge in [-0.3, -0.25) is 5.10 Å². The maximum Gasteiger partial charge on any atom is 0.0532 e. The Kier molecular flexibility index (Phi) is 4.79. The predicted molar refractivity (Wildman–Crippen MR) is 74.5 cm³/mol. The van der Waals surface area contributed by atoms with Crippen molar-refractivity contribution in [3.63, 3.8) is 0 Å². The number of aromatic nitrogens is 2. The average Bonchev–Trinajstić information content (AvgIpc) is 2.89. The van der Waals surface area contributed by atoms with Gasteiger partial charge in [0.15, 0.2) is 0 Å². The van der Waals surface area contributed by atoms with Crippen molar-refractivity contribution in [2.24, 2.45) is 0 Å². The molecule has 0 radical (unpaired) electrons. The summed E-state index contributed by atoms with van der Waals surface area (Å²) in [5.74, 6) is 0. The third-order valence-corrected chi connectivity index (χ3v) is 3.21. The molecule has 1 atom stereocenters. The smallest absolute Gasteiger partial charge is 0.0532 e. The maximum atomic E-state index is 5.92. The summed E-state index contributed by atoms with van der Waals surface area (Å²) in [4.78, 5) is 0. The van der Waals surface area contributed by atoms with Crippen LogP contribution in [0.5, 0.6) is 0 Å². The van der Waals surface area contributed by atoms with Crippen LogP contribution in [0.2, 0.25) is 5.02 Å². The van der Waals surface area contributed by atoms with Gasteiger partial charge in [0, 0.05) is 29.4 Å². The van der Waals surface area contributed by atoms with E-state index < -0.39 is 0 Å². The highest BCUT2D eigenvalue weighted by atomic mass is 35.5. The van der Waals surface area contributed by atoms with Crippen LogP contribution in [0.15, 0.2) is 36.7 Å². The van der Waals surface area contributed by atoms with Gasteiger partial charge in [0.05, 0.1) is 6.20 Å². The molecule has 96 valence electrons. The van der Waals surface area contributed by atoms with Gasteiger partial charge in [-0.15, -0.1) is 0 Å². The number of halogens is 1. The van der Waals surface area contributed by atoms with Crippen LogP contribution >= 0.6 is 11.6 Å². The van der Waals surface area contributed by atoms with E-state index in [2.05, 4.69) is 34.6 Å². The average molecular weight is 264 g/mol. The highest BCUT2D eigenvalue weighted by Crippen LogP contribution is 2.21. The topological polar surface area (TPSA) is 40.7 Å². The summed E-state index contributed by atoms with van der Waals surface area (Å²) < 4.78 is 0. The Morgan fingerprint density at radius 3 is 2.72 bits per heavy atom. The van der Waals surface area contributed by atoms with Crippen molar-refractivity contribution in [1.29, 1.82) is 0 Å². The first-order valence-electron chi connectivity index (χ1n) is 6.26. The molecule has 18 heavy (non-hydrogen) atoms. The Morgan fingerprint density at radius 1 is 1.33 bits per heavy atom. The second kappa shape index (κ2) is 6.57. The summed E-state index contributed by atoms with van der Waals surface area (Å²) in [6.07, 6.45) is 6.01. The molecule has 1 aromatic heterocycles. The lowest BCUT2D eigenvalue weighted by Crippen LogP contribution is -2.20. The molecule has 0 bridgehead atoms. The molecule has 1 heterocycles.